The smallest absolute Gasteiger partial charge is 0.222 e. The SMILES string of the molecule is CCC1=C(C)c2cc3[nH]c(cc4nc(c(C)c5cc(C)c(cc1n2)[nH]5)[C@@H](CCC(=O)N(CCOCCOCCOC)CCOCCOCCOC)[C@@H]4C)c(C)c3CO. The molecule has 1 amide bonds. The van der Waals surface area contributed by atoms with Gasteiger partial charge in [0.2, 0.25) is 5.91 Å². The number of aliphatic hydroxyl groups is 1. The van der Waals surface area contributed by atoms with E-state index in [2.05, 4.69) is 68.9 Å². The summed E-state index contributed by atoms with van der Waals surface area (Å²) in [6.45, 7) is 18.2. The largest absolute Gasteiger partial charge is 0.392 e. The number of carbonyl (C=O) groups excluding carboxylic acids is 1. The summed E-state index contributed by atoms with van der Waals surface area (Å²) in [6, 6.07) is 8.50. The van der Waals surface area contributed by atoms with E-state index in [4.69, 9.17) is 38.4 Å². The lowest BCUT2D eigenvalue weighted by atomic mass is 9.86. The van der Waals surface area contributed by atoms with Gasteiger partial charge in [0.05, 0.1) is 84.1 Å². The Bertz CT molecular complexity index is 2000. The summed E-state index contributed by atoms with van der Waals surface area (Å²) in [7, 11) is 3.29. The normalized spacial score (nSPS) is 15.5. The second kappa shape index (κ2) is 22.4. The highest BCUT2D eigenvalue weighted by atomic mass is 16.5. The summed E-state index contributed by atoms with van der Waals surface area (Å²) in [4.78, 5) is 33.6. The number of fused-ring (bicyclic) bond motifs is 8. The standard InChI is InChI=1S/C45H65N5O8/c1-9-34-30(3)40-27-43-36(28-51)32(5)39(48-43)26-41-31(4)35(45(49-41)33(6)38-24-29(2)37(46-38)25-42(34)47-40)10-11-44(52)50(12-14-55-20-22-57-18-16-53-7)13-15-56-21-23-58-19-17-54-8/h24-27,31,35,46,48,51H,9-23,28H2,1-8H3/t31-,35-/m0/s1. The average Bonchev–Trinajstić information content (AvgIpc) is 3.92. The molecule has 3 aromatic rings. The number of aryl methyl sites for hydroxylation is 3. The third-order valence-corrected chi connectivity index (χ3v) is 11.4. The van der Waals surface area contributed by atoms with Crippen molar-refractivity contribution in [3.05, 3.63) is 69.3 Å². The summed E-state index contributed by atoms with van der Waals surface area (Å²) in [5.74, 6) is 0.0771. The van der Waals surface area contributed by atoms with E-state index in [1.165, 1.54) is 5.57 Å². The number of aromatic amines is 2. The Kier molecular flexibility index (Phi) is 17.5. The van der Waals surface area contributed by atoms with E-state index in [9.17, 15) is 9.90 Å². The number of carbonyl (C=O) groups is 1. The number of amides is 1. The quantitative estimate of drug-likeness (QED) is 0.0861. The molecular formula is C45H65N5O8. The minimum atomic E-state index is -0.0977. The Balaban J connectivity index is 1.43. The lowest BCUT2D eigenvalue weighted by Gasteiger charge is -2.24. The van der Waals surface area contributed by atoms with Crippen molar-refractivity contribution < 1.29 is 38.3 Å². The van der Waals surface area contributed by atoms with Gasteiger partial charge in [-0.25, -0.2) is 4.98 Å². The molecule has 0 aromatic carbocycles. The maximum Gasteiger partial charge on any atom is 0.222 e. The molecule has 0 unspecified atom stereocenters. The summed E-state index contributed by atoms with van der Waals surface area (Å²) in [5.41, 5.74) is 13.9. The van der Waals surface area contributed by atoms with Crippen molar-refractivity contribution in [3.63, 3.8) is 0 Å². The number of hydrogen-bond acceptors (Lipinski definition) is 10. The van der Waals surface area contributed by atoms with Crippen molar-refractivity contribution in [1.82, 2.24) is 24.8 Å². The molecule has 5 rings (SSSR count). The Labute approximate surface area is 343 Å². The van der Waals surface area contributed by atoms with Gasteiger partial charge in [0.15, 0.2) is 0 Å². The molecule has 0 spiro atoms. The maximum atomic E-state index is 14.0. The number of aromatic nitrogens is 4. The minimum Gasteiger partial charge on any atom is -0.392 e. The van der Waals surface area contributed by atoms with E-state index in [-0.39, 0.29) is 24.3 Å². The number of ether oxygens (including phenoxy) is 6. The van der Waals surface area contributed by atoms with E-state index in [0.717, 1.165) is 79.1 Å². The van der Waals surface area contributed by atoms with Crippen molar-refractivity contribution in [2.75, 3.05) is 93.4 Å². The molecule has 0 saturated heterocycles. The monoisotopic (exact) mass is 803 g/mol. The Morgan fingerprint density at radius 2 is 1.29 bits per heavy atom. The molecule has 2 aliphatic rings. The van der Waals surface area contributed by atoms with Gasteiger partial charge in [0.25, 0.3) is 0 Å². The molecule has 0 aliphatic carbocycles. The van der Waals surface area contributed by atoms with Gasteiger partial charge >= 0.3 is 0 Å². The van der Waals surface area contributed by atoms with Crippen molar-refractivity contribution in [2.45, 2.75) is 79.2 Å². The van der Waals surface area contributed by atoms with Crippen LogP contribution in [0.15, 0.2) is 24.3 Å². The first-order valence-electron chi connectivity index (χ1n) is 20.7. The fraction of sp³-hybridized carbons (Fsp3) is 0.578. The minimum absolute atomic E-state index is 0.00315. The van der Waals surface area contributed by atoms with Gasteiger partial charge in [-0.3, -0.25) is 9.78 Å². The van der Waals surface area contributed by atoms with Crippen LogP contribution >= 0.6 is 0 Å². The van der Waals surface area contributed by atoms with E-state index >= 15 is 0 Å². The number of nitrogens with one attached hydrogen (secondary N) is 2. The van der Waals surface area contributed by atoms with Crippen LogP contribution in [-0.2, 0) is 39.8 Å². The number of H-pyrrole nitrogens is 2. The van der Waals surface area contributed by atoms with Crippen molar-refractivity contribution in [3.8, 4) is 0 Å². The molecule has 3 N–H and O–H groups in total. The van der Waals surface area contributed by atoms with Gasteiger partial charge in [-0.1, -0.05) is 13.8 Å². The van der Waals surface area contributed by atoms with Gasteiger partial charge in [-0.15, -0.1) is 0 Å². The van der Waals surface area contributed by atoms with Crippen LogP contribution in [0.3, 0.4) is 0 Å². The van der Waals surface area contributed by atoms with Crippen molar-refractivity contribution in [1.29, 1.82) is 0 Å². The molecular weight excluding hydrogens is 739 g/mol. The van der Waals surface area contributed by atoms with Crippen LogP contribution < -0.4 is 0 Å². The third kappa shape index (κ3) is 11.4. The highest BCUT2D eigenvalue weighted by molar-refractivity contribution is 5.92. The molecule has 2 aliphatic heterocycles. The van der Waals surface area contributed by atoms with Crippen LogP contribution in [0, 0.1) is 20.8 Å². The van der Waals surface area contributed by atoms with Crippen molar-refractivity contribution in [2.24, 2.45) is 0 Å². The zero-order chi connectivity index (χ0) is 41.6. The van der Waals surface area contributed by atoms with Crippen LogP contribution in [0.2, 0.25) is 0 Å². The first-order chi connectivity index (χ1) is 28.1. The summed E-state index contributed by atoms with van der Waals surface area (Å²) in [5, 5.41) is 10.5. The van der Waals surface area contributed by atoms with E-state index in [1.807, 2.05) is 11.8 Å². The maximum absolute atomic E-state index is 14.0. The van der Waals surface area contributed by atoms with Crippen LogP contribution in [0.25, 0.3) is 33.2 Å². The number of allylic oxidation sites excluding steroid dienone is 2. The van der Waals surface area contributed by atoms with E-state index < -0.39 is 0 Å². The van der Waals surface area contributed by atoms with Crippen LogP contribution in [0.4, 0.5) is 0 Å². The molecule has 8 bridgehead atoms. The van der Waals surface area contributed by atoms with E-state index in [0.29, 0.717) is 92.0 Å². The molecule has 2 atom stereocenters. The molecule has 0 radical (unpaired) electrons. The molecule has 13 heteroatoms. The highest BCUT2D eigenvalue weighted by Gasteiger charge is 2.31. The second-order valence-corrected chi connectivity index (χ2v) is 15.1. The molecule has 5 heterocycles. The van der Waals surface area contributed by atoms with Crippen LogP contribution in [-0.4, -0.2) is 129 Å². The molecule has 0 saturated carbocycles. The zero-order valence-electron chi connectivity index (χ0n) is 35.9. The predicted molar refractivity (Wildman–Crippen MR) is 228 cm³/mol. The average molecular weight is 804 g/mol. The number of aliphatic hydroxyl groups excluding tert-OH is 1. The van der Waals surface area contributed by atoms with Crippen LogP contribution in [0.5, 0.6) is 0 Å². The van der Waals surface area contributed by atoms with E-state index in [1.54, 1.807) is 14.2 Å². The van der Waals surface area contributed by atoms with Gasteiger partial charge in [0.1, 0.15) is 0 Å². The molecule has 58 heavy (non-hydrogen) atoms. The van der Waals surface area contributed by atoms with Crippen LogP contribution in [0.1, 0.15) is 96.9 Å². The number of nitrogens with zero attached hydrogens (tertiary/aromatic N) is 3. The third-order valence-electron chi connectivity index (χ3n) is 11.4. The van der Waals surface area contributed by atoms with Gasteiger partial charge in [-0.2, -0.15) is 0 Å². The zero-order valence-corrected chi connectivity index (χ0v) is 35.9. The summed E-state index contributed by atoms with van der Waals surface area (Å²) in [6.07, 6.45) is 1.82. The first-order valence-corrected chi connectivity index (χ1v) is 20.7. The molecule has 3 aromatic heterocycles. The molecule has 0 fully saturated rings. The topological polar surface area (TPSA) is 153 Å². The van der Waals surface area contributed by atoms with Gasteiger partial charge in [-0.05, 0) is 92.6 Å². The molecule has 13 nitrogen and oxygen atoms in total. The molecule has 318 valence electrons. The Morgan fingerprint density at radius 1 is 0.724 bits per heavy atom. The highest BCUT2D eigenvalue weighted by Crippen LogP contribution is 2.42. The lowest BCUT2D eigenvalue weighted by Crippen LogP contribution is -2.37. The summed E-state index contributed by atoms with van der Waals surface area (Å²) >= 11 is 0. The number of hydrogen-bond donors (Lipinski definition) is 3. The fourth-order valence-electron chi connectivity index (χ4n) is 7.72. The lowest BCUT2D eigenvalue weighted by molar-refractivity contribution is -0.133. The number of methoxy groups -OCH3 is 2. The van der Waals surface area contributed by atoms with Gasteiger partial charge < -0.3 is 48.4 Å². The Hall–Kier alpha value is -3.95. The second-order valence-electron chi connectivity index (χ2n) is 15.1. The first kappa shape index (κ1) is 45.1. The van der Waals surface area contributed by atoms with Gasteiger partial charge in [0, 0.05) is 84.6 Å². The van der Waals surface area contributed by atoms with Crippen molar-refractivity contribution >= 4 is 39.1 Å². The number of rotatable bonds is 23. The summed E-state index contributed by atoms with van der Waals surface area (Å²) < 4.78 is 32.8. The fourth-order valence-corrected chi connectivity index (χ4v) is 7.72. The predicted octanol–water partition coefficient (Wildman–Crippen LogP) is 6.93. The Morgan fingerprint density at radius 3 is 1.90 bits per heavy atom.